The maximum Gasteiger partial charge on any atom is 0.305 e. The number of hydrogen-bond acceptors (Lipinski definition) is 26. The van der Waals surface area contributed by atoms with E-state index < -0.39 is 291 Å². The fraction of sp³-hybridized carbons (Fsp3) is 0.637. The lowest BCUT2D eigenvalue weighted by Crippen LogP contribution is -2.62. The average molecular weight is 1840 g/mol. The molecule has 728 valence electrons. The number of nitrogens with two attached hydrogens (primary N) is 5. The molecule has 0 saturated carbocycles. The van der Waals surface area contributed by atoms with Gasteiger partial charge in [0.1, 0.15) is 84.6 Å². The number of guanidine groups is 2. The number of amides is 17. The van der Waals surface area contributed by atoms with E-state index in [1.54, 1.807) is 72.0 Å². The number of aliphatic hydroxyl groups is 3. The minimum Gasteiger partial charge on any atom is -0.481 e. The number of nitrogens with one attached hydrogen (secondary N) is 21. The first-order valence-electron chi connectivity index (χ1n) is 42.6. The van der Waals surface area contributed by atoms with Gasteiger partial charge in [-0.2, -0.15) is 0 Å². The van der Waals surface area contributed by atoms with E-state index in [4.69, 9.17) is 39.5 Å². The number of rotatable bonds is 62. The number of carbonyl (C=O) groups is 19. The number of carbonyl (C=O) groups excluding carboxylic acids is 17. The van der Waals surface area contributed by atoms with Crippen LogP contribution in [0.5, 0.6) is 0 Å². The SMILES string of the molecule is CC(C)C[C@H](NC(=O)[C@H](CC(C)C)NC(=O)[C@H](CC(=O)O)NC(=O)[C@H](CC(C)C)NC(=O)[C@@H](NC(=O)[C@H](CCC(=O)O)NC(=O)[C@H](CO)NC(=O)[C@H](Cc1c[nH]c2ccccc12)NC(=O)[C@H](C)NC(=O)[C@@H](N)[C@@H](C)O)C(C)C)C(=O)N[C@@H](CCCNC(=N)N)C(=O)N[C@@H](CCCNC(=N)N)C(=O)NCC(=O)NCC(=O)NCC(=O)N[C@@H](CO)C(=O)N[C@@H](CCCCN)C(N)=O. The highest BCUT2D eigenvalue weighted by Gasteiger charge is 2.39. The first kappa shape index (κ1) is 113. The summed E-state index contributed by atoms with van der Waals surface area (Å²) in [4.78, 5) is 261. The van der Waals surface area contributed by atoms with Crippen molar-refractivity contribution >= 4 is 135 Å². The Morgan fingerprint density at radius 1 is 0.400 bits per heavy atom. The normalized spacial score (nSPS) is 14.6. The Balaban J connectivity index is 2.44. The van der Waals surface area contributed by atoms with Gasteiger partial charge in [0, 0.05) is 43.0 Å². The van der Waals surface area contributed by atoms with Gasteiger partial charge >= 0.3 is 11.9 Å². The van der Waals surface area contributed by atoms with E-state index in [1.165, 1.54) is 27.7 Å². The number of fused-ring (bicyclic) bond motifs is 1. The van der Waals surface area contributed by atoms with Crippen LogP contribution >= 0.6 is 0 Å². The summed E-state index contributed by atoms with van der Waals surface area (Å²) in [6, 6.07) is -15.3. The second-order valence-electron chi connectivity index (χ2n) is 32.7. The van der Waals surface area contributed by atoms with Gasteiger partial charge in [0.2, 0.25) is 100 Å². The number of aliphatic hydroxyl groups excluding tert-OH is 3. The second kappa shape index (κ2) is 58.5. The summed E-state index contributed by atoms with van der Waals surface area (Å²) in [6.07, 6.45) is -2.38. The number of hydrogen-bond donors (Lipinski definition) is 31. The van der Waals surface area contributed by atoms with Crippen molar-refractivity contribution in [2.75, 3.05) is 52.5 Å². The summed E-state index contributed by atoms with van der Waals surface area (Å²) in [5, 5.41) is 109. The molecule has 2 aromatic rings. The number of carboxylic acid groups (broad SMARTS) is 2. The van der Waals surface area contributed by atoms with Gasteiger partial charge in [0.15, 0.2) is 11.9 Å². The number of carboxylic acids is 2. The van der Waals surface area contributed by atoms with Crippen molar-refractivity contribution in [3.8, 4) is 0 Å². The molecule has 36 N–H and O–H groups in total. The Labute approximate surface area is 751 Å². The van der Waals surface area contributed by atoms with Crippen LogP contribution in [-0.2, 0) is 97.5 Å². The topological polar surface area (TPSA) is 836 Å². The standard InChI is InChI=1S/C80H134N26O24/c1-38(2)27-51(70(122)98-49(21-16-26-89-80(86)87)68(120)97-48(20-15-25-88-79(84)85)67(119)93-34-59(111)91-33-58(110)92-35-60(112)95-56(36-107)75(127)96-47(65(83)117)19-13-14-24-81)101-71(123)52(28-39(3)4)102-74(126)55(31-62(115)116)103-72(124)53(29-40(5)6)104-78(130)64(41(7)8)106-69(121)50(22-23-61(113)114)99-76(128)57(37-108)105-73(125)54(30-44-32-90-46-18-12-11-17-45(44)46)100-66(118)42(9)94-77(129)63(82)43(10)109/h11-12,17-18,32,38-43,47-57,63-64,90,107-109H,13-16,19-31,33-37,81-82H2,1-10H3,(H2,83,117)(H,91,111)(H,92,110)(H,93,119)(H,94,129)(H,95,112)(H,96,127)(H,97,120)(H,98,122)(H,99,128)(H,100,118)(H,101,123)(H,102,126)(H,103,124)(H,104,130)(H,105,125)(H,106,121)(H,113,114)(H,115,116)(H4,84,85,88)(H4,86,87,89)/t42-,43+,47-,48-,49-,50-,51-,52-,53-,54-,55-,56-,57-,63-,64-/m0/s1. The van der Waals surface area contributed by atoms with Gasteiger partial charge in [-0.3, -0.25) is 102 Å². The summed E-state index contributed by atoms with van der Waals surface area (Å²) in [5.74, 6) is -23.5. The van der Waals surface area contributed by atoms with Crippen LogP contribution in [0.4, 0.5) is 0 Å². The number of aliphatic carboxylic acids is 2. The molecule has 15 atom stereocenters. The Kier molecular flexibility index (Phi) is 50.9. The number of aromatic amines is 1. The van der Waals surface area contributed by atoms with Crippen LogP contribution < -0.4 is 124 Å². The van der Waals surface area contributed by atoms with Crippen LogP contribution in [0.1, 0.15) is 158 Å². The van der Waals surface area contributed by atoms with Crippen molar-refractivity contribution in [3.63, 3.8) is 0 Å². The quantitative estimate of drug-likeness (QED) is 0.0166. The molecule has 17 amide bonds. The number of primary amides is 1. The first-order chi connectivity index (χ1) is 61.0. The van der Waals surface area contributed by atoms with Crippen LogP contribution in [0.2, 0.25) is 0 Å². The lowest BCUT2D eigenvalue weighted by Gasteiger charge is -2.30. The molecule has 1 aromatic heterocycles. The number of H-pyrrole nitrogens is 1. The summed E-state index contributed by atoms with van der Waals surface area (Å²) in [6.45, 7) is 11.3. The molecule has 130 heavy (non-hydrogen) atoms. The van der Waals surface area contributed by atoms with Gasteiger partial charge in [-0.1, -0.05) is 73.6 Å². The lowest BCUT2D eigenvalue weighted by atomic mass is 9.98. The molecule has 0 fully saturated rings. The molecule has 0 aliphatic rings. The van der Waals surface area contributed by atoms with Crippen molar-refractivity contribution in [1.82, 2.24) is 101 Å². The van der Waals surface area contributed by atoms with Gasteiger partial charge in [-0.15, -0.1) is 0 Å². The Morgan fingerprint density at radius 3 is 1.25 bits per heavy atom. The molecule has 50 heteroatoms. The smallest absolute Gasteiger partial charge is 0.305 e. The third-order valence-electron chi connectivity index (χ3n) is 19.7. The van der Waals surface area contributed by atoms with Crippen molar-refractivity contribution in [3.05, 3.63) is 36.0 Å². The summed E-state index contributed by atoms with van der Waals surface area (Å²) in [5.41, 5.74) is 28.7. The maximum atomic E-state index is 14.6. The van der Waals surface area contributed by atoms with E-state index in [1.807, 2.05) is 0 Å². The van der Waals surface area contributed by atoms with E-state index in [9.17, 15) is 117 Å². The molecule has 0 bridgehead atoms. The molecule has 2 rings (SSSR count). The predicted octanol–water partition coefficient (Wildman–Crippen LogP) is -9.65. The van der Waals surface area contributed by atoms with Gasteiger partial charge < -0.3 is 155 Å². The number of aromatic nitrogens is 1. The minimum absolute atomic E-state index is 0.00708. The Morgan fingerprint density at radius 2 is 0.792 bits per heavy atom. The highest BCUT2D eigenvalue weighted by Crippen LogP contribution is 2.21. The van der Waals surface area contributed by atoms with E-state index in [-0.39, 0.29) is 70.9 Å². The molecular weight excluding hydrogens is 1710 g/mol. The highest BCUT2D eigenvalue weighted by atomic mass is 16.4. The molecule has 0 radical (unpaired) electrons. The van der Waals surface area contributed by atoms with E-state index in [2.05, 4.69) is 101 Å². The first-order valence-corrected chi connectivity index (χ1v) is 42.6. The van der Waals surface area contributed by atoms with Gasteiger partial charge in [0.25, 0.3) is 0 Å². The van der Waals surface area contributed by atoms with Crippen molar-refractivity contribution in [2.45, 2.75) is 250 Å². The van der Waals surface area contributed by atoms with Gasteiger partial charge in [-0.05, 0) is 126 Å². The number of benzene rings is 1. The Bertz CT molecular complexity index is 4200. The molecule has 1 aromatic carbocycles. The molecule has 0 spiro atoms. The molecule has 0 aliphatic carbocycles. The van der Waals surface area contributed by atoms with Gasteiger partial charge in [0.05, 0.1) is 45.4 Å². The molecular formula is C80H134N26O24. The van der Waals surface area contributed by atoms with E-state index >= 15 is 0 Å². The summed E-state index contributed by atoms with van der Waals surface area (Å²) >= 11 is 0. The van der Waals surface area contributed by atoms with Crippen molar-refractivity contribution < 1.29 is 117 Å². The third-order valence-corrected chi connectivity index (χ3v) is 19.7. The van der Waals surface area contributed by atoms with Crippen LogP contribution in [-0.4, -0.2) is 298 Å². The fourth-order valence-corrected chi connectivity index (χ4v) is 12.7. The number of unbranched alkanes of at least 4 members (excludes halogenated alkanes) is 1. The molecule has 0 saturated heterocycles. The predicted molar refractivity (Wildman–Crippen MR) is 468 cm³/mol. The van der Waals surface area contributed by atoms with Gasteiger partial charge in [-0.25, -0.2) is 0 Å². The average Bonchev–Trinajstić information content (AvgIpc) is 1.53. The maximum absolute atomic E-state index is 14.6. The van der Waals surface area contributed by atoms with E-state index in [0.717, 1.165) is 0 Å². The Hall–Kier alpha value is -13.0. The number of para-hydroxylation sites is 1. The monoisotopic (exact) mass is 1840 g/mol. The second-order valence-corrected chi connectivity index (χ2v) is 32.7. The third kappa shape index (κ3) is 43.2. The summed E-state index contributed by atoms with van der Waals surface area (Å²) in [7, 11) is 0. The van der Waals surface area contributed by atoms with Crippen molar-refractivity contribution in [2.24, 2.45) is 52.3 Å². The largest absolute Gasteiger partial charge is 0.481 e. The van der Waals surface area contributed by atoms with Crippen molar-refractivity contribution in [1.29, 1.82) is 10.8 Å². The molecule has 0 aliphatic heterocycles. The van der Waals surface area contributed by atoms with Crippen LogP contribution in [0.15, 0.2) is 30.5 Å². The van der Waals surface area contributed by atoms with Crippen LogP contribution in [0, 0.1) is 34.5 Å². The van der Waals surface area contributed by atoms with Crippen LogP contribution in [0.25, 0.3) is 10.9 Å². The highest BCUT2D eigenvalue weighted by molar-refractivity contribution is 6.02. The fourth-order valence-electron chi connectivity index (χ4n) is 12.7. The molecule has 1 heterocycles. The van der Waals surface area contributed by atoms with E-state index in [0.29, 0.717) is 35.9 Å². The summed E-state index contributed by atoms with van der Waals surface area (Å²) < 4.78 is 0. The zero-order valence-electron chi connectivity index (χ0n) is 74.8. The zero-order chi connectivity index (χ0) is 98.4. The lowest BCUT2D eigenvalue weighted by molar-refractivity contribution is -0.142. The zero-order valence-corrected chi connectivity index (χ0v) is 74.8. The van der Waals surface area contributed by atoms with Crippen LogP contribution in [0.3, 0.4) is 0 Å². The minimum atomic E-state index is -2.00. The molecule has 0 unspecified atom stereocenters. The molecule has 50 nitrogen and oxygen atoms in total.